The number of hydrogen-bond donors (Lipinski definition) is 1. The zero-order chi connectivity index (χ0) is 21.3. The number of methoxy groups -OCH3 is 1. The molecule has 1 aliphatic carbocycles. The lowest BCUT2D eigenvalue weighted by Crippen LogP contribution is -2.46. The molecule has 1 aromatic carbocycles. The molecule has 1 fully saturated rings. The number of carbonyl (C=O) groups is 2. The molecule has 0 bridgehead atoms. The number of benzene rings is 1. The second-order valence-corrected chi connectivity index (χ2v) is 8.90. The van der Waals surface area contributed by atoms with Crippen molar-refractivity contribution in [2.75, 3.05) is 13.7 Å². The molecule has 1 aliphatic rings. The number of rotatable bonds is 10. The molecule has 1 saturated carbocycles. The highest BCUT2D eigenvalue weighted by atomic mass is 32.1. The number of amides is 2. The topological polar surface area (TPSA) is 58.6 Å². The SMILES string of the molecule is CCCCN(C(=O)Cc1cccs1)[C@@H](C(=O)NC1CCCC1)c1cccc(OC)c1. The molecule has 0 radical (unpaired) electrons. The summed E-state index contributed by atoms with van der Waals surface area (Å²) < 4.78 is 5.39. The summed E-state index contributed by atoms with van der Waals surface area (Å²) in [5.74, 6) is 0.582. The number of nitrogens with one attached hydrogen (secondary N) is 1. The van der Waals surface area contributed by atoms with Gasteiger partial charge in [-0.05, 0) is 48.4 Å². The first-order valence-corrected chi connectivity index (χ1v) is 11.8. The van der Waals surface area contributed by atoms with Crippen LogP contribution in [0.1, 0.15) is 61.9 Å². The smallest absolute Gasteiger partial charge is 0.247 e. The molecule has 0 unspecified atom stereocenters. The van der Waals surface area contributed by atoms with E-state index in [1.54, 1.807) is 23.3 Å². The van der Waals surface area contributed by atoms with Crippen molar-refractivity contribution in [2.24, 2.45) is 0 Å². The van der Waals surface area contributed by atoms with Crippen LogP contribution in [0.2, 0.25) is 0 Å². The average Bonchev–Trinajstić information content (AvgIpc) is 3.45. The van der Waals surface area contributed by atoms with Crippen molar-refractivity contribution < 1.29 is 14.3 Å². The first kappa shape index (κ1) is 22.3. The monoisotopic (exact) mass is 428 g/mol. The van der Waals surface area contributed by atoms with Gasteiger partial charge in [-0.1, -0.05) is 44.4 Å². The Bertz CT molecular complexity index is 816. The predicted octanol–water partition coefficient (Wildman–Crippen LogP) is 4.73. The third-order valence-corrected chi connectivity index (χ3v) is 6.53. The molecule has 1 N–H and O–H groups in total. The van der Waals surface area contributed by atoms with E-state index in [4.69, 9.17) is 4.74 Å². The van der Waals surface area contributed by atoms with E-state index in [0.29, 0.717) is 18.7 Å². The molecule has 2 amide bonds. The van der Waals surface area contributed by atoms with E-state index in [2.05, 4.69) is 12.2 Å². The van der Waals surface area contributed by atoms with Crippen LogP contribution in [0.5, 0.6) is 5.75 Å². The molecule has 1 atom stereocenters. The van der Waals surface area contributed by atoms with E-state index in [9.17, 15) is 9.59 Å². The van der Waals surface area contributed by atoms with Gasteiger partial charge in [-0.15, -0.1) is 11.3 Å². The van der Waals surface area contributed by atoms with Gasteiger partial charge in [-0.2, -0.15) is 0 Å². The summed E-state index contributed by atoms with van der Waals surface area (Å²) in [6.45, 7) is 2.65. The standard InChI is InChI=1S/C24H32N2O3S/c1-3-4-14-26(22(27)17-21-13-8-15-30-21)23(18-9-7-12-20(16-18)29-2)24(28)25-19-10-5-6-11-19/h7-9,12-13,15-16,19,23H,3-6,10-11,14,17H2,1-2H3,(H,25,28)/t23-/m1/s1. The number of nitrogens with zero attached hydrogens (tertiary/aromatic N) is 1. The van der Waals surface area contributed by atoms with Crippen LogP contribution >= 0.6 is 11.3 Å². The molecule has 5 nitrogen and oxygen atoms in total. The normalized spacial score (nSPS) is 15.0. The molecule has 30 heavy (non-hydrogen) atoms. The zero-order valence-electron chi connectivity index (χ0n) is 17.9. The molecule has 1 aromatic heterocycles. The quantitative estimate of drug-likeness (QED) is 0.595. The Labute approximate surface area is 183 Å². The summed E-state index contributed by atoms with van der Waals surface area (Å²) in [4.78, 5) is 29.6. The molecule has 6 heteroatoms. The van der Waals surface area contributed by atoms with Crippen molar-refractivity contribution in [3.63, 3.8) is 0 Å². The van der Waals surface area contributed by atoms with Gasteiger partial charge in [0.05, 0.1) is 13.5 Å². The van der Waals surface area contributed by atoms with Crippen molar-refractivity contribution in [1.82, 2.24) is 10.2 Å². The zero-order valence-corrected chi connectivity index (χ0v) is 18.7. The Hall–Kier alpha value is -2.34. The van der Waals surface area contributed by atoms with Crippen molar-refractivity contribution in [2.45, 2.75) is 64.0 Å². The van der Waals surface area contributed by atoms with E-state index in [0.717, 1.165) is 49.0 Å². The van der Waals surface area contributed by atoms with Gasteiger partial charge in [-0.3, -0.25) is 9.59 Å². The van der Waals surface area contributed by atoms with E-state index in [-0.39, 0.29) is 17.9 Å². The molecule has 162 valence electrons. The molecule has 1 heterocycles. The molecule has 0 spiro atoms. The van der Waals surface area contributed by atoms with Gasteiger partial charge in [0.1, 0.15) is 11.8 Å². The largest absolute Gasteiger partial charge is 0.497 e. The third kappa shape index (κ3) is 5.85. The van der Waals surface area contributed by atoms with Crippen LogP contribution in [0, 0.1) is 0 Å². The number of hydrogen-bond acceptors (Lipinski definition) is 4. The van der Waals surface area contributed by atoms with Gasteiger partial charge in [0.25, 0.3) is 0 Å². The van der Waals surface area contributed by atoms with E-state index in [1.165, 1.54) is 0 Å². The second-order valence-electron chi connectivity index (χ2n) is 7.87. The van der Waals surface area contributed by atoms with E-state index in [1.807, 2.05) is 41.8 Å². The van der Waals surface area contributed by atoms with Gasteiger partial charge in [-0.25, -0.2) is 0 Å². The number of thiophene rings is 1. The maximum Gasteiger partial charge on any atom is 0.247 e. The number of ether oxygens (including phenoxy) is 1. The maximum absolute atomic E-state index is 13.5. The molecule has 2 aromatic rings. The molecular weight excluding hydrogens is 396 g/mol. The molecule has 0 aliphatic heterocycles. The van der Waals surface area contributed by atoms with E-state index >= 15 is 0 Å². The Morgan fingerprint density at radius 3 is 2.70 bits per heavy atom. The van der Waals surface area contributed by atoms with Crippen LogP contribution in [-0.4, -0.2) is 36.4 Å². The lowest BCUT2D eigenvalue weighted by Gasteiger charge is -2.32. The minimum atomic E-state index is -0.653. The second kappa shape index (κ2) is 11.2. The predicted molar refractivity (Wildman–Crippen MR) is 121 cm³/mol. The van der Waals surface area contributed by atoms with Gasteiger partial charge < -0.3 is 15.0 Å². The fourth-order valence-electron chi connectivity index (χ4n) is 4.02. The van der Waals surface area contributed by atoms with Crippen LogP contribution in [-0.2, 0) is 16.0 Å². The maximum atomic E-state index is 13.5. The van der Waals surface area contributed by atoms with Crippen molar-refractivity contribution >= 4 is 23.2 Å². The van der Waals surface area contributed by atoms with Crippen molar-refractivity contribution in [1.29, 1.82) is 0 Å². The highest BCUT2D eigenvalue weighted by molar-refractivity contribution is 7.10. The molecule has 0 saturated heterocycles. The highest BCUT2D eigenvalue weighted by Crippen LogP contribution is 2.28. The average molecular weight is 429 g/mol. The lowest BCUT2D eigenvalue weighted by molar-refractivity contribution is -0.140. The summed E-state index contributed by atoms with van der Waals surface area (Å²) in [7, 11) is 1.61. The van der Waals surface area contributed by atoms with Crippen LogP contribution < -0.4 is 10.1 Å². The van der Waals surface area contributed by atoms with Gasteiger partial charge in [0, 0.05) is 17.5 Å². The van der Waals surface area contributed by atoms with Crippen molar-refractivity contribution in [3.05, 3.63) is 52.2 Å². The summed E-state index contributed by atoms with van der Waals surface area (Å²) in [5.41, 5.74) is 0.792. The van der Waals surface area contributed by atoms with Gasteiger partial charge in [0.15, 0.2) is 0 Å². The first-order valence-electron chi connectivity index (χ1n) is 10.9. The summed E-state index contributed by atoms with van der Waals surface area (Å²) in [5, 5.41) is 5.19. The Kier molecular flexibility index (Phi) is 8.31. The van der Waals surface area contributed by atoms with Crippen LogP contribution in [0.25, 0.3) is 0 Å². The molecular formula is C24H32N2O3S. The number of unbranched alkanes of at least 4 members (excludes halogenated alkanes) is 1. The fraction of sp³-hybridized carbons (Fsp3) is 0.500. The van der Waals surface area contributed by atoms with E-state index < -0.39 is 6.04 Å². The van der Waals surface area contributed by atoms with Crippen LogP contribution in [0.3, 0.4) is 0 Å². The summed E-state index contributed by atoms with van der Waals surface area (Å²) in [6, 6.07) is 11.0. The highest BCUT2D eigenvalue weighted by Gasteiger charge is 2.33. The van der Waals surface area contributed by atoms with Crippen LogP contribution in [0.4, 0.5) is 0 Å². The van der Waals surface area contributed by atoms with Crippen molar-refractivity contribution in [3.8, 4) is 5.75 Å². The third-order valence-electron chi connectivity index (χ3n) is 5.65. The minimum absolute atomic E-state index is 0.0136. The summed E-state index contributed by atoms with van der Waals surface area (Å²) >= 11 is 1.57. The Balaban J connectivity index is 1.91. The lowest BCUT2D eigenvalue weighted by atomic mass is 10.0. The van der Waals surface area contributed by atoms with Crippen LogP contribution in [0.15, 0.2) is 41.8 Å². The fourth-order valence-corrected chi connectivity index (χ4v) is 4.72. The number of carbonyl (C=O) groups excluding carboxylic acids is 2. The molecule has 3 rings (SSSR count). The minimum Gasteiger partial charge on any atom is -0.497 e. The van der Waals surface area contributed by atoms with Gasteiger partial charge >= 0.3 is 0 Å². The Morgan fingerprint density at radius 1 is 1.23 bits per heavy atom. The van der Waals surface area contributed by atoms with Gasteiger partial charge in [0.2, 0.25) is 11.8 Å². The summed E-state index contributed by atoms with van der Waals surface area (Å²) in [6.07, 6.45) is 6.43. The Morgan fingerprint density at radius 2 is 2.03 bits per heavy atom. The first-order chi connectivity index (χ1) is 14.6.